The molecule has 27 heavy (non-hydrogen) atoms. The van der Waals surface area contributed by atoms with Crippen molar-refractivity contribution in [3.63, 3.8) is 0 Å². The van der Waals surface area contributed by atoms with Gasteiger partial charge >= 0.3 is 17.9 Å². The van der Waals surface area contributed by atoms with Crippen molar-refractivity contribution in [2.75, 3.05) is 13.7 Å². The van der Waals surface area contributed by atoms with Gasteiger partial charge in [0.25, 0.3) is 0 Å². The molecule has 2 rings (SSSR count). The molecule has 0 radical (unpaired) electrons. The third-order valence-corrected chi connectivity index (χ3v) is 5.12. The lowest BCUT2D eigenvalue weighted by molar-refractivity contribution is -0.157. The second-order valence-electron chi connectivity index (χ2n) is 7.41. The highest BCUT2D eigenvalue weighted by Gasteiger charge is 2.46. The van der Waals surface area contributed by atoms with Gasteiger partial charge in [0.05, 0.1) is 18.9 Å². The van der Waals surface area contributed by atoms with Crippen molar-refractivity contribution in [1.82, 2.24) is 0 Å². The smallest absolute Gasteiger partial charge is 0.334 e. The maximum atomic E-state index is 12.3. The van der Waals surface area contributed by atoms with E-state index >= 15 is 0 Å². The van der Waals surface area contributed by atoms with Gasteiger partial charge in [0, 0.05) is 24.2 Å². The zero-order valence-electron chi connectivity index (χ0n) is 16.1. The van der Waals surface area contributed by atoms with Crippen molar-refractivity contribution in [1.29, 1.82) is 0 Å². The van der Waals surface area contributed by atoms with Crippen LogP contribution in [0.5, 0.6) is 0 Å². The van der Waals surface area contributed by atoms with Crippen LogP contribution in [0.2, 0.25) is 0 Å². The molecule has 7 nitrogen and oxygen atoms in total. The van der Waals surface area contributed by atoms with Crippen LogP contribution in [0.1, 0.15) is 39.5 Å². The zero-order chi connectivity index (χ0) is 20.1. The molecular weight excluding hydrogens is 352 g/mol. The van der Waals surface area contributed by atoms with Crippen molar-refractivity contribution in [3.8, 4) is 0 Å². The topological polar surface area (TPSA) is 99.1 Å². The quantitative estimate of drug-likeness (QED) is 0.452. The molecule has 0 aromatic rings. The minimum Gasteiger partial charge on any atom is -0.466 e. The lowest BCUT2D eigenvalue weighted by Gasteiger charge is -2.30. The van der Waals surface area contributed by atoms with Crippen molar-refractivity contribution in [2.24, 2.45) is 17.8 Å². The van der Waals surface area contributed by atoms with Gasteiger partial charge in [-0.2, -0.15) is 0 Å². The van der Waals surface area contributed by atoms with Crippen LogP contribution in [-0.2, 0) is 28.6 Å². The van der Waals surface area contributed by atoms with Crippen LogP contribution in [0.25, 0.3) is 0 Å². The Morgan fingerprint density at radius 3 is 2.70 bits per heavy atom. The molecule has 0 spiro atoms. The molecule has 1 saturated heterocycles. The van der Waals surface area contributed by atoms with Crippen LogP contribution < -0.4 is 0 Å². The van der Waals surface area contributed by atoms with Gasteiger partial charge in [0.2, 0.25) is 0 Å². The Bertz CT molecular complexity index is 634. The Morgan fingerprint density at radius 2 is 2.11 bits per heavy atom. The number of aliphatic hydroxyl groups excluding tert-OH is 1. The average Bonchev–Trinajstić information content (AvgIpc) is 2.91. The van der Waals surface area contributed by atoms with Gasteiger partial charge in [0.15, 0.2) is 0 Å². The summed E-state index contributed by atoms with van der Waals surface area (Å²) in [4.78, 5) is 36.6. The SMILES string of the molecule is C=C1C(=O)O[C@@H]2CC(CO)CC/C=C(/C(=O)OC)C[C@@H](OC(=O)C(C)C)[C@@H]12. The number of aliphatic hydroxyl groups is 1. The first-order valence-electron chi connectivity index (χ1n) is 9.26. The monoisotopic (exact) mass is 380 g/mol. The molecule has 150 valence electrons. The number of hydrogen-bond acceptors (Lipinski definition) is 7. The Balaban J connectivity index is 2.42. The first-order valence-corrected chi connectivity index (χ1v) is 9.26. The largest absolute Gasteiger partial charge is 0.466 e. The number of esters is 3. The summed E-state index contributed by atoms with van der Waals surface area (Å²) < 4.78 is 16.0. The molecule has 1 fully saturated rings. The summed E-state index contributed by atoms with van der Waals surface area (Å²) in [6, 6.07) is 0. The molecule has 0 bridgehead atoms. The van der Waals surface area contributed by atoms with Crippen LogP contribution in [0.3, 0.4) is 0 Å². The summed E-state index contributed by atoms with van der Waals surface area (Å²) in [5.74, 6) is -2.50. The van der Waals surface area contributed by atoms with Crippen LogP contribution in [0, 0.1) is 17.8 Å². The second-order valence-corrected chi connectivity index (χ2v) is 7.41. The number of hydrogen-bond donors (Lipinski definition) is 1. The van der Waals surface area contributed by atoms with Gasteiger partial charge in [-0.05, 0) is 25.2 Å². The van der Waals surface area contributed by atoms with E-state index in [-0.39, 0.29) is 30.4 Å². The Kier molecular flexibility index (Phi) is 7.18. The van der Waals surface area contributed by atoms with Crippen molar-refractivity contribution in [2.45, 2.75) is 51.7 Å². The standard InChI is InChI=1S/C20H28O7/c1-11(2)18(22)26-16-9-14(20(24)25-4)7-5-6-13(10-21)8-15-17(16)12(3)19(23)27-15/h7,11,13,15-17,21H,3,5-6,8-10H2,1-2,4H3/b14-7+/t13?,15-,16-,17+/m1/s1. The molecule has 1 N–H and O–H groups in total. The van der Waals surface area contributed by atoms with Gasteiger partial charge in [-0.15, -0.1) is 0 Å². The minimum atomic E-state index is -0.772. The van der Waals surface area contributed by atoms with Gasteiger partial charge in [-0.3, -0.25) is 4.79 Å². The van der Waals surface area contributed by atoms with E-state index < -0.39 is 36.0 Å². The molecule has 0 amide bonds. The first-order chi connectivity index (χ1) is 12.8. The van der Waals surface area contributed by atoms with Crippen molar-refractivity contribution in [3.05, 3.63) is 23.8 Å². The summed E-state index contributed by atoms with van der Waals surface area (Å²) in [6.07, 6.45) is 2.20. The summed E-state index contributed by atoms with van der Waals surface area (Å²) in [7, 11) is 1.29. The van der Waals surface area contributed by atoms with E-state index in [1.54, 1.807) is 19.9 Å². The highest BCUT2D eigenvalue weighted by atomic mass is 16.6. The Hall–Kier alpha value is -2.15. The summed E-state index contributed by atoms with van der Waals surface area (Å²) >= 11 is 0. The number of rotatable bonds is 4. The maximum absolute atomic E-state index is 12.3. The predicted octanol–water partition coefficient (Wildman–Crippen LogP) is 1.93. The van der Waals surface area contributed by atoms with E-state index in [0.717, 1.165) is 0 Å². The molecule has 7 heteroatoms. The Morgan fingerprint density at radius 1 is 1.41 bits per heavy atom. The van der Waals surface area contributed by atoms with E-state index in [1.165, 1.54) is 7.11 Å². The fourth-order valence-corrected chi connectivity index (χ4v) is 3.54. The van der Waals surface area contributed by atoms with Crippen LogP contribution >= 0.6 is 0 Å². The molecular formula is C20H28O7. The minimum absolute atomic E-state index is 0.0644. The summed E-state index contributed by atoms with van der Waals surface area (Å²) in [6.45, 7) is 7.19. The van der Waals surface area contributed by atoms with Gasteiger partial charge in [-0.1, -0.05) is 26.5 Å². The highest BCUT2D eigenvalue weighted by Crippen LogP contribution is 2.38. The molecule has 1 heterocycles. The zero-order valence-corrected chi connectivity index (χ0v) is 16.1. The molecule has 1 aliphatic carbocycles. The van der Waals surface area contributed by atoms with Gasteiger partial charge < -0.3 is 19.3 Å². The van der Waals surface area contributed by atoms with Crippen molar-refractivity contribution >= 4 is 17.9 Å². The van der Waals surface area contributed by atoms with Crippen molar-refractivity contribution < 1.29 is 33.7 Å². The van der Waals surface area contributed by atoms with E-state index in [2.05, 4.69) is 6.58 Å². The number of methoxy groups -OCH3 is 1. The van der Waals surface area contributed by atoms with Crippen LogP contribution in [-0.4, -0.2) is 48.9 Å². The van der Waals surface area contributed by atoms with Gasteiger partial charge in [0.1, 0.15) is 12.2 Å². The van der Waals surface area contributed by atoms with E-state index in [0.29, 0.717) is 24.8 Å². The van der Waals surface area contributed by atoms with E-state index in [4.69, 9.17) is 14.2 Å². The average molecular weight is 380 g/mol. The highest BCUT2D eigenvalue weighted by molar-refractivity contribution is 5.91. The molecule has 1 aliphatic heterocycles. The third kappa shape index (κ3) is 4.97. The number of ether oxygens (including phenoxy) is 3. The maximum Gasteiger partial charge on any atom is 0.334 e. The molecule has 4 atom stereocenters. The van der Waals surface area contributed by atoms with Crippen LogP contribution in [0.4, 0.5) is 0 Å². The normalized spacial score (nSPS) is 30.8. The molecule has 2 aliphatic rings. The molecule has 0 aromatic carbocycles. The lowest BCUT2D eigenvalue weighted by Crippen LogP contribution is -2.37. The third-order valence-electron chi connectivity index (χ3n) is 5.12. The van der Waals surface area contributed by atoms with Gasteiger partial charge in [-0.25, -0.2) is 9.59 Å². The molecule has 0 saturated carbocycles. The number of fused-ring (bicyclic) bond motifs is 1. The fraction of sp³-hybridized carbons (Fsp3) is 0.650. The van der Waals surface area contributed by atoms with E-state index in [1.807, 2.05) is 0 Å². The Labute approximate surface area is 159 Å². The second kappa shape index (κ2) is 9.17. The fourth-order valence-electron chi connectivity index (χ4n) is 3.54. The lowest BCUT2D eigenvalue weighted by atomic mass is 9.81. The predicted molar refractivity (Wildman–Crippen MR) is 96.4 cm³/mol. The molecule has 0 aromatic heterocycles. The first kappa shape index (κ1) is 21.2. The summed E-state index contributed by atoms with van der Waals surface area (Å²) in [5.41, 5.74) is 0.603. The van der Waals surface area contributed by atoms with Crippen LogP contribution in [0.15, 0.2) is 23.8 Å². The number of allylic oxidation sites excluding steroid dienone is 1. The number of carbonyl (C=O) groups excluding carboxylic acids is 3. The number of carbonyl (C=O) groups is 3. The van der Waals surface area contributed by atoms with E-state index in [9.17, 15) is 19.5 Å². The molecule has 1 unspecified atom stereocenters. The summed E-state index contributed by atoms with van der Waals surface area (Å²) in [5, 5.41) is 9.67.